The van der Waals surface area contributed by atoms with Crippen molar-refractivity contribution >= 4 is 27.5 Å². The number of nitrogens with one attached hydrogen (secondary N) is 1. The van der Waals surface area contributed by atoms with Crippen molar-refractivity contribution in [1.29, 1.82) is 0 Å². The van der Waals surface area contributed by atoms with E-state index in [4.69, 9.17) is 9.47 Å². The van der Waals surface area contributed by atoms with Crippen molar-refractivity contribution in [1.82, 2.24) is 0 Å². The highest BCUT2D eigenvalue weighted by molar-refractivity contribution is 9.10. The van der Waals surface area contributed by atoms with Gasteiger partial charge in [0.15, 0.2) is 0 Å². The molecular formula is C19H22BrNO3. The Labute approximate surface area is 151 Å². The van der Waals surface area contributed by atoms with Crippen molar-refractivity contribution in [2.75, 3.05) is 11.9 Å². The van der Waals surface area contributed by atoms with Crippen LogP contribution in [-0.2, 0) is 11.3 Å². The molecule has 2 rings (SSSR count). The summed E-state index contributed by atoms with van der Waals surface area (Å²) in [4.78, 5) is 12.5. The third-order valence-corrected chi connectivity index (χ3v) is 3.83. The highest BCUT2D eigenvalue weighted by Gasteiger charge is 2.12. The van der Waals surface area contributed by atoms with E-state index in [9.17, 15) is 4.79 Å². The maximum atomic E-state index is 12.5. The van der Waals surface area contributed by atoms with Crippen molar-refractivity contribution in [3.8, 4) is 5.75 Å². The number of carbonyl (C=O) groups is 1. The predicted octanol–water partition coefficient (Wildman–Crippen LogP) is 5.03. The Bertz CT molecular complexity index is 684. The van der Waals surface area contributed by atoms with E-state index in [2.05, 4.69) is 21.2 Å². The zero-order chi connectivity index (χ0) is 17.5. The zero-order valence-corrected chi connectivity index (χ0v) is 15.7. The summed E-state index contributed by atoms with van der Waals surface area (Å²) in [7, 11) is 0. The van der Waals surface area contributed by atoms with Gasteiger partial charge < -0.3 is 14.8 Å². The number of carbonyl (C=O) groups excluding carboxylic acids is 1. The number of hydrogen-bond acceptors (Lipinski definition) is 3. The molecule has 0 aliphatic heterocycles. The molecule has 0 aliphatic carbocycles. The van der Waals surface area contributed by atoms with Crippen LogP contribution in [0.3, 0.4) is 0 Å². The van der Waals surface area contributed by atoms with E-state index in [0.29, 0.717) is 18.8 Å². The van der Waals surface area contributed by atoms with Crippen molar-refractivity contribution in [2.24, 2.45) is 0 Å². The maximum Gasteiger partial charge on any atom is 0.255 e. The third-order valence-electron chi connectivity index (χ3n) is 3.30. The van der Waals surface area contributed by atoms with Crippen LogP contribution in [0.2, 0.25) is 0 Å². The van der Waals surface area contributed by atoms with Gasteiger partial charge in [-0.25, -0.2) is 0 Å². The van der Waals surface area contributed by atoms with Crippen LogP contribution >= 0.6 is 15.9 Å². The fourth-order valence-corrected chi connectivity index (χ4v) is 2.39. The van der Waals surface area contributed by atoms with Crippen LogP contribution in [0, 0.1) is 0 Å². The van der Waals surface area contributed by atoms with Crippen LogP contribution in [0.4, 0.5) is 5.69 Å². The molecule has 0 saturated carbocycles. The summed E-state index contributed by atoms with van der Waals surface area (Å²) in [5.41, 5.74) is 2.19. The second-order valence-electron chi connectivity index (χ2n) is 5.58. The molecule has 5 heteroatoms. The molecule has 128 valence electrons. The fraction of sp³-hybridized carbons (Fsp3) is 0.316. The lowest BCUT2D eigenvalue weighted by atomic mass is 10.1. The summed E-state index contributed by atoms with van der Waals surface area (Å²) in [5, 5.41) is 2.89. The number of benzene rings is 2. The SMILES string of the molecule is CCOc1ccc(C(=O)Nc2ccc(Br)cc2)cc1COC(C)C. The number of anilines is 1. The number of amides is 1. The largest absolute Gasteiger partial charge is 0.494 e. The molecule has 0 heterocycles. The Morgan fingerprint density at radius 2 is 1.88 bits per heavy atom. The molecule has 2 aromatic carbocycles. The summed E-state index contributed by atoms with van der Waals surface area (Å²) >= 11 is 3.38. The van der Waals surface area contributed by atoms with Gasteiger partial charge in [0.25, 0.3) is 5.91 Å². The minimum atomic E-state index is -0.161. The smallest absolute Gasteiger partial charge is 0.255 e. The predicted molar refractivity (Wildman–Crippen MR) is 99.6 cm³/mol. The van der Waals surface area contributed by atoms with Gasteiger partial charge in [-0.1, -0.05) is 15.9 Å². The summed E-state index contributed by atoms with van der Waals surface area (Å²) in [6.07, 6.45) is 0.111. The molecule has 0 fully saturated rings. The Morgan fingerprint density at radius 3 is 2.50 bits per heavy atom. The molecular weight excluding hydrogens is 370 g/mol. The molecule has 0 unspecified atom stereocenters. The topological polar surface area (TPSA) is 47.6 Å². The molecule has 0 spiro atoms. The fourth-order valence-electron chi connectivity index (χ4n) is 2.12. The summed E-state index contributed by atoms with van der Waals surface area (Å²) in [5.74, 6) is 0.588. The number of ether oxygens (including phenoxy) is 2. The second kappa shape index (κ2) is 8.85. The third kappa shape index (κ3) is 5.35. The molecule has 0 bridgehead atoms. The summed E-state index contributed by atoms with van der Waals surface area (Å²) < 4.78 is 12.3. The highest BCUT2D eigenvalue weighted by Crippen LogP contribution is 2.23. The zero-order valence-electron chi connectivity index (χ0n) is 14.1. The van der Waals surface area contributed by atoms with Crippen molar-refractivity contribution in [3.63, 3.8) is 0 Å². The quantitative estimate of drug-likeness (QED) is 0.720. The molecule has 1 amide bonds. The Balaban J connectivity index is 2.17. The van der Waals surface area contributed by atoms with Gasteiger partial charge >= 0.3 is 0 Å². The Hall–Kier alpha value is -1.85. The molecule has 2 aromatic rings. The molecule has 1 N–H and O–H groups in total. The first-order valence-electron chi connectivity index (χ1n) is 7.94. The normalized spacial score (nSPS) is 10.7. The lowest BCUT2D eigenvalue weighted by molar-refractivity contribution is 0.0641. The number of hydrogen-bond donors (Lipinski definition) is 1. The standard InChI is InChI=1S/C19H22BrNO3/c1-4-23-18-10-5-14(11-15(18)12-24-13(2)3)19(22)21-17-8-6-16(20)7-9-17/h5-11,13H,4,12H2,1-3H3,(H,21,22). The van der Waals surface area contributed by atoms with E-state index >= 15 is 0 Å². The monoisotopic (exact) mass is 391 g/mol. The molecule has 0 saturated heterocycles. The van der Waals surface area contributed by atoms with Gasteiger partial charge in [0.05, 0.1) is 19.3 Å². The molecule has 0 aliphatic rings. The number of halogens is 1. The van der Waals surface area contributed by atoms with Gasteiger partial charge in [-0.15, -0.1) is 0 Å². The maximum absolute atomic E-state index is 12.5. The molecule has 0 aromatic heterocycles. The van der Waals surface area contributed by atoms with Crippen LogP contribution in [-0.4, -0.2) is 18.6 Å². The lowest BCUT2D eigenvalue weighted by Crippen LogP contribution is -2.13. The molecule has 24 heavy (non-hydrogen) atoms. The van der Waals surface area contributed by atoms with Crippen LogP contribution in [0.25, 0.3) is 0 Å². The molecule has 0 radical (unpaired) electrons. The van der Waals surface area contributed by atoms with Gasteiger partial charge in [-0.3, -0.25) is 4.79 Å². The van der Waals surface area contributed by atoms with E-state index in [1.807, 2.05) is 57.2 Å². The lowest BCUT2D eigenvalue weighted by Gasteiger charge is -2.14. The van der Waals surface area contributed by atoms with Gasteiger partial charge in [0.2, 0.25) is 0 Å². The first-order valence-corrected chi connectivity index (χ1v) is 8.73. The van der Waals surface area contributed by atoms with E-state index < -0.39 is 0 Å². The first kappa shape index (κ1) is 18.5. The van der Waals surface area contributed by atoms with Crippen LogP contribution in [0.1, 0.15) is 36.7 Å². The van der Waals surface area contributed by atoms with Gasteiger partial charge in [-0.05, 0) is 63.2 Å². The Morgan fingerprint density at radius 1 is 1.17 bits per heavy atom. The molecule has 4 nitrogen and oxygen atoms in total. The average molecular weight is 392 g/mol. The number of rotatable bonds is 7. The minimum Gasteiger partial charge on any atom is -0.494 e. The minimum absolute atomic E-state index is 0.111. The Kier molecular flexibility index (Phi) is 6.82. The first-order chi connectivity index (χ1) is 11.5. The van der Waals surface area contributed by atoms with E-state index in [1.165, 1.54) is 0 Å². The second-order valence-corrected chi connectivity index (χ2v) is 6.49. The summed E-state index contributed by atoms with van der Waals surface area (Å²) in [6, 6.07) is 12.9. The highest BCUT2D eigenvalue weighted by atomic mass is 79.9. The van der Waals surface area contributed by atoms with E-state index in [0.717, 1.165) is 21.5 Å². The van der Waals surface area contributed by atoms with Crippen LogP contribution in [0.5, 0.6) is 5.75 Å². The van der Waals surface area contributed by atoms with Crippen molar-refractivity contribution < 1.29 is 14.3 Å². The summed E-state index contributed by atoms with van der Waals surface area (Å²) in [6.45, 7) is 6.86. The van der Waals surface area contributed by atoms with E-state index in [1.54, 1.807) is 6.07 Å². The molecule has 0 atom stereocenters. The average Bonchev–Trinajstić information content (AvgIpc) is 2.56. The van der Waals surface area contributed by atoms with Crippen LogP contribution < -0.4 is 10.1 Å². The van der Waals surface area contributed by atoms with Crippen molar-refractivity contribution in [2.45, 2.75) is 33.5 Å². The van der Waals surface area contributed by atoms with Gasteiger partial charge in [0, 0.05) is 21.3 Å². The van der Waals surface area contributed by atoms with Crippen molar-refractivity contribution in [3.05, 3.63) is 58.1 Å². The van der Waals surface area contributed by atoms with Gasteiger partial charge in [0.1, 0.15) is 5.75 Å². The van der Waals surface area contributed by atoms with E-state index in [-0.39, 0.29) is 12.0 Å². The van der Waals surface area contributed by atoms with Crippen LogP contribution in [0.15, 0.2) is 46.9 Å². The van der Waals surface area contributed by atoms with Gasteiger partial charge in [-0.2, -0.15) is 0 Å².